The normalized spacial score (nSPS) is 17.2. The number of carbonyl (C=O) groups excluding carboxylic acids is 2. The average molecular weight is 271 g/mol. The highest BCUT2D eigenvalue weighted by Crippen LogP contribution is 2.29. The zero-order chi connectivity index (χ0) is 14.1. The Hall–Kier alpha value is -2.70. The van der Waals surface area contributed by atoms with E-state index in [-0.39, 0.29) is 23.8 Å². The van der Waals surface area contributed by atoms with Gasteiger partial charge in [0.15, 0.2) is 0 Å². The summed E-state index contributed by atoms with van der Waals surface area (Å²) in [6.45, 7) is 1.38. The topological polar surface area (TPSA) is 88.9 Å². The van der Waals surface area contributed by atoms with Crippen LogP contribution in [0.1, 0.15) is 24.9 Å². The first kappa shape index (κ1) is 12.3. The lowest BCUT2D eigenvalue weighted by molar-refractivity contribution is -0.117. The van der Waals surface area contributed by atoms with Gasteiger partial charge >= 0.3 is 0 Å². The van der Waals surface area contributed by atoms with Gasteiger partial charge in [-0.05, 0) is 5.56 Å². The Morgan fingerprint density at radius 3 is 2.85 bits per heavy atom. The van der Waals surface area contributed by atoms with E-state index in [0.29, 0.717) is 12.4 Å². The van der Waals surface area contributed by atoms with E-state index in [9.17, 15) is 9.59 Å². The zero-order valence-corrected chi connectivity index (χ0v) is 10.8. The molecule has 2 aromatic rings. The Morgan fingerprint density at radius 1 is 1.40 bits per heavy atom. The molecule has 0 radical (unpaired) electrons. The highest BCUT2D eigenvalue weighted by atomic mass is 16.2. The van der Waals surface area contributed by atoms with Gasteiger partial charge in [0.25, 0.3) is 5.95 Å². The lowest BCUT2D eigenvalue weighted by Gasteiger charge is -2.23. The van der Waals surface area contributed by atoms with Crippen LogP contribution < -0.4 is 10.6 Å². The van der Waals surface area contributed by atoms with Crippen LogP contribution in [0.25, 0.3) is 0 Å². The largest absolute Gasteiger partial charge is 0.295 e. The molecule has 2 heterocycles. The average Bonchev–Trinajstić information content (AvgIpc) is 2.79. The first-order valence-electron chi connectivity index (χ1n) is 6.22. The third-order valence-corrected chi connectivity index (χ3v) is 3.03. The Balaban J connectivity index is 2.01. The van der Waals surface area contributed by atoms with Crippen LogP contribution in [0.2, 0.25) is 0 Å². The van der Waals surface area contributed by atoms with Gasteiger partial charge in [-0.2, -0.15) is 4.98 Å². The van der Waals surface area contributed by atoms with Gasteiger partial charge in [0, 0.05) is 6.92 Å². The maximum atomic E-state index is 11.8. The molecule has 0 bridgehead atoms. The van der Waals surface area contributed by atoms with Crippen molar-refractivity contribution in [3.05, 3.63) is 35.9 Å². The maximum absolute atomic E-state index is 11.8. The van der Waals surface area contributed by atoms with Crippen LogP contribution in [0.4, 0.5) is 11.9 Å². The summed E-state index contributed by atoms with van der Waals surface area (Å²) in [5.74, 6) is 0.165. The fourth-order valence-corrected chi connectivity index (χ4v) is 2.21. The molecule has 0 saturated heterocycles. The Labute approximate surface area is 115 Å². The summed E-state index contributed by atoms with van der Waals surface area (Å²) in [4.78, 5) is 26.9. The van der Waals surface area contributed by atoms with Crippen molar-refractivity contribution in [1.82, 2.24) is 14.8 Å². The lowest BCUT2D eigenvalue weighted by atomic mass is 10.0. The van der Waals surface area contributed by atoms with E-state index < -0.39 is 0 Å². The fourth-order valence-electron chi connectivity index (χ4n) is 2.21. The molecule has 1 aliphatic rings. The number of amides is 2. The van der Waals surface area contributed by atoms with Crippen molar-refractivity contribution in [2.24, 2.45) is 0 Å². The van der Waals surface area contributed by atoms with Crippen molar-refractivity contribution in [2.45, 2.75) is 19.4 Å². The fraction of sp³-hybridized carbons (Fsp3) is 0.231. The summed E-state index contributed by atoms with van der Waals surface area (Å²) < 4.78 is 1.63. The SMILES string of the molecule is CC(=O)Nc1nc2n(n1)[C@H](c1ccccc1)CC(=O)N2. The highest BCUT2D eigenvalue weighted by molar-refractivity contribution is 5.92. The van der Waals surface area contributed by atoms with Crippen LogP contribution in [0.15, 0.2) is 30.3 Å². The molecular weight excluding hydrogens is 258 g/mol. The summed E-state index contributed by atoms with van der Waals surface area (Å²) in [7, 11) is 0. The van der Waals surface area contributed by atoms with Crippen LogP contribution in [-0.4, -0.2) is 26.6 Å². The van der Waals surface area contributed by atoms with E-state index >= 15 is 0 Å². The van der Waals surface area contributed by atoms with Crippen LogP contribution in [0, 0.1) is 0 Å². The molecule has 0 spiro atoms. The van der Waals surface area contributed by atoms with Crippen molar-refractivity contribution >= 4 is 23.7 Å². The number of hydrogen-bond acceptors (Lipinski definition) is 4. The molecule has 1 atom stereocenters. The zero-order valence-electron chi connectivity index (χ0n) is 10.8. The molecular formula is C13H13N5O2. The first-order valence-corrected chi connectivity index (χ1v) is 6.22. The number of fused-ring (bicyclic) bond motifs is 1. The quantitative estimate of drug-likeness (QED) is 0.858. The molecule has 7 heteroatoms. The molecule has 0 fully saturated rings. The number of carbonyl (C=O) groups is 2. The van der Waals surface area contributed by atoms with Crippen molar-refractivity contribution in [3.8, 4) is 0 Å². The van der Waals surface area contributed by atoms with Gasteiger partial charge in [-0.3, -0.25) is 20.2 Å². The second-order valence-electron chi connectivity index (χ2n) is 4.56. The minimum Gasteiger partial charge on any atom is -0.295 e. The van der Waals surface area contributed by atoms with Crippen molar-refractivity contribution in [1.29, 1.82) is 0 Å². The van der Waals surface area contributed by atoms with E-state index in [0.717, 1.165) is 5.56 Å². The molecule has 3 rings (SSSR count). The lowest BCUT2D eigenvalue weighted by Crippen LogP contribution is -2.29. The van der Waals surface area contributed by atoms with Gasteiger partial charge in [-0.1, -0.05) is 30.3 Å². The molecule has 0 aliphatic carbocycles. The molecule has 20 heavy (non-hydrogen) atoms. The highest BCUT2D eigenvalue weighted by Gasteiger charge is 2.29. The third-order valence-electron chi connectivity index (χ3n) is 3.03. The number of aromatic nitrogens is 3. The predicted octanol–water partition coefficient (Wildman–Crippen LogP) is 1.17. The number of benzene rings is 1. The van der Waals surface area contributed by atoms with Gasteiger partial charge in [0.2, 0.25) is 17.8 Å². The predicted molar refractivity (Wildman–Crippen MR) is 72.2 cm³/mol. The summed E-state index contributed by atoms with van der Waals surface area (Å²) in [5.41, 5.74) is 0.975. The summed E-state index contributed by atoms with van der Waals surface area (Å²) in [6, 6.07) is 9.40. The Kier molecular flexibility index (Phi) is 2.94. The Morgan fingerprint density at radius 2 is 2.15 bits per heavy atom. The monoisotopic (exact) mass is 271 g/mol. The van der Waals surface area contributed by atoms with E-state index in [4.69, 9.17) is 0 Å². The molecule has 0 saturated carbocycles. The molecule has 2 N–H and O–H groups in total. The standard InChI is InChI=1S/C13H13N5O2/c1-8(19)14-12-16-13-15-11(20)7-10(18(13)17-12)9-5-3-2-4-6-9/h2-6,10H,7H2,1H3,(H2,14,15,16,17,19,20)/t10-/m0/s1. The number of nitrogens with one attached hydrogen (secondary N) is 2. The van der Waals surface area contributed by atoms with Crippen LogP contribution in [-0.2, 0) is 9.59 Å². The van der Waals surface area contributed by atoms with Crippen molar-refractivity contribution in [2.75, 3.05) is 10.6 Å². The molecule has 1 aromatic heterocycles. The van der Waals surface area contributed by atoms with Crippen LogP contribution >= 0.6 is 0 Å². The van der Waals surface area contributed by atoms with E-state index in [1.807, 2.05) is 30.3 Å². The number of rotatable bonds is 2. The minimum absolute atomic E-state index is 0.117. The molecule has 7 nitrogen and oxygen atoms in total. The first-order chi connectivity index (χ1) is 9.63. The van der Waals surface area contributed by atoms with E-state index in [2.05, 4.69) is 20.7 Å². The number of anilines is 2. The molecule has 2 amide bonds. The minimum atomic E-state index is -0.254. The second-order valence-corrected chi connectivity index (χ2v) is 4.56. The molecule has 1 aromatic carbocycles. The molecule has 0 unspecified atom stereocenters. The van der Waals surface area contributed by atoms with Gasteiger partial charge in [-0.25, -0.2) is 4.68 Å². The maximum Gasteiger partial charge on any atom is 0.250 e. The van der Waals surface area contributed by atoms with Crippen LogP contribution in [0.3, 0.4) is 0 Å². The number of nitrogens with zero attached hydrogens (tertiary/aromatic N) is 3. The Bertz CT molecular complexity index is 665. The molecule has 1 aliphatic heterocycles. The second kappa shape index (κ2) is 4.76. The summed E-state index contributed by atoms with van der Waals surface area (Å²) in [6.07, 6.45) is 0.292. The van der Waals surface area contributed by atoms with E-state index in [1.54, 1.807) is 4.68 Å². The number of hydrogen-bond donors (Lipinski definition) is 2. The van der Waals surface area contributed by atoms with Gasteiger partial charge in [0.1, 0.15) is 0 Å². The van der Waals surface area contributed by atoms with Crippen molar-refractivity contribution < 1.29 is 9.59 Å². The van der Waals surface area contributed by atoms with Gasteiger partial charge in [0.05, 0.1) is 12.5 Å². The van der Waals surface area contributed by atoms with E-state index in [1.165, 1.54) is 6.92 Å². The third kappa shape index (κ3) is 2.25. The molecule has 102 valence electrons. The van der Waals surface area contributed by atoms with Gasteiger partial charge in [-0.15, -0.1) is 5.10 Å². The summed E-state index contributed by atoms with van der Waals surface area (Å²) in [5, 5.41) is 9.41. The van der Waals surface area contributed by atoms with Gasteiger partial charge < -0.3 is 0 Å². The van der Waals surface area contributed by atoms with Crippen molar-refractivity contribution in [3.63, 3.8) is 0 Å². The van der Waals surface area contributed by atoms with Crippen LogP contribution in [0.5, 0.6) is 0 Å². The summed E-state index contributed by atoms with van der Waals surface area (Å²) >= 11 is 0. The smallest absolute Gasteiger partial charge is 0.250 e.